The first-order valence-corrected chi connectivity index (χ1v) is 8.60. The van der Waals surface area contributed by atoms with Crippen LogP contribution >= 0.6 is 0 Å². The number of hydrogen-bond donors (Lipinski definition) is 0. The maximum Gasteiger partial charge on any atom is 0.150 e. The fourth-order valence-corrected chi connectivity index (χ4v) is 5.59. The van der Waals surface area contributed by atoms with Crippen LogP contribution in [0.1, 0.15) is 56.1 Å². The lowest BCUT2D eigenvalue weighted by Gasteiger charge is -2.55. The Morgan fingerprint density at radius 2 is 2.05 bits per heavy atom. The standard InChI is InChI=1S/C18H25BO/c19-12-20-15-7-6-14-10-13-4-3-9-18(17(14)11-15)8-2-1-5-16(13)18/h6-7,11,13,16H,1-5,8-10,12,19H2/t13-,16?,18-/m0/s1. The van der Waals surface area contributed by atoms with Crippen molar-refractivity contribution < 1.29 is 4.74 Å². The Hall–Kier alpha value is -0.915. The zero-order valence-electron chi connectivity index (χ0n) is 12.7. The molecular weight excluding hydrogens is 243 g/mol. The predicted octanol–water partition coefficient (Wildman–Crippen LogP) is 3.44. The van der Waals surface area contributed by atoms with Crippen molar-refractivity contribution in [1.29, 1.82) is 0 Å². The Balaban J connectivity index is 1.83. The average Bonchev–Trinajstić information content (AvgIpc) is 2.48. The minimum Gasteiger partial charge on any atom is -0.503 e. The van der Waals surface area contributed by atoms with Crippen molar-refractivity contribution >= 4 is 7.85 Å². The van der Waals surface area contributed by atoms with Gasteiger partial charge in [0.25, 0.3) is 0 Å². The Kier molecular flexibility index (Phi) is 3.09. The summed E-state index contributed by atoms with van der Waals surface area (Å²) in [7, 11) is 2.08. The van der Waals surface area contributed by atoms with Crippen LogP contribution in [0.3, 0.4) is 0 Å². The van der Waals surface area contributed by atoms with Crippen LogP contribution < -0.4 is 4.74 Å². The van der Waals surface area contributed by atoms with Crippen molar-refractivity contribution in [3.8, 4) is 5.75 Å². The van der Waals surface area contributed by atoms with E-state index in [1.807, 2.05) is 0 Å². The number of ether oxygens (including phenoxy) is 1. The smallest absolute Gasteiger partial charge is 0.150 e. The van der Waals surface area contributed by atoms with Crippen molar-refractivity contribution in [2.45, 2.75) is 56.8 Å². The van der Waals surface area contributed by atoms with Crippen molar-refractivity contribution in [1.82, 2.24) is 0 Å². The maximum atomic E-state index is 5.79. The highest BCUT2D eigenvalue weighted by Crippen LogP contribution is 2.58. The first-order valence-electron chi connectivity index (χ1n) is 8.60. The maximum absolute atomic E-state index is 5.79. The van der Waals surface area contributed by atoms with Crippen LogP contribution in [0.4, 0.5) is 0 Å². The predicted molar refractivity (Wildman–Crippen MR) is 85.2 cm³/mol. The lowest BCUT2D eigenvalue weighted by molar-refractivity contribution is 0.0521. The second kappa shape index (κ2) is 4.82. The third kappa shape index (κ3) is 1.76. The van der Waals surface area contributed by atoms with E-state index in [9.17, 15) is 0 Å². The Labute approximate surface area is 123 Å². The lowest BCUT2D eigenvalue weighted by atomic mass is 9.49. The molecule has 2 bridgehead atoms. The van der Waals surface area contributed by atoms with Crippen molar-refractivity contribution in [2.24, 2.45) is 11.8 Å². The Morgan fingerprint density at radius 1 is 1.15 bits per heavy atom. The molecule has 1 aromatic carbocycles. The van der Waals surface area contributed by atoms with Crippen LogP contribution in [0.25, 0.3) is 0 Å². The molecule has 0 spiro atoms. The molecule has 106 valence electrons. The summed E-state index contributed by atoms with van der Waals surface area (Å²) in [6.07, 6.45) is 11.5. The Bertz CT molecular complexity index is 508. The van der Waals surface area contributed by atoms with Gasteiger partial charge in [-0.3, -0.25) is 0 Å². The summed E-state index contributed by atoms with van der Waals surface area (Å²) in [5.41, 5.74) is 3.82. The van der Waals surface area contributed by atoms with Gasteiger partial charge in [0.1, 0.15) is 5.75 Å². The molecule has 0 aliphatic heterocycles. The zero-order valence-corrected chi connectivity index (χ0v) is 12.7. The molecule has 3 aliphatic carbocycles. The summed E-state index contributed by atoms with van der Waals surface area (Å²) in [6, 6.07) is 6.96. The van der Waals surface area contributed by atoms with Crippen LogP contribution in [0, 0.1) is 11.8 Å². The first-order chi connectivity index (χ1) is 9.83. The third-order valence-corrected chi connectivity index (χ3v) is 6.28. The van der Waals surface area contributed by atoms with Crippen LogP contribution in [0.15, 0.2) is 18.2 Å². The van der Waals surface area contributed by atoms with Gasteiger partial charge in [-0.1, -0.05) is 25.3 Å². The highest BCUT2D eigenvalue weighted by Gasteiger charge is 2.51. The van der Waals surface area contributed by atoms with Gasteiger partial charge in [0.15, 0.2) is 7.85 Å². The molecule has 1 nitrogen and oxygen atoms in total. The van der Waals surface area contributed by atoms with Gasteiger partial charge in [-0.05, 0) is 72.6 Å². The first kappa shape index (κ1) is 12.8. The molecule has 0 aromatic heterocycles. The fourth-order valence-electron chi connectivity index (χ4n) is 5.59. The highest BCUT2D eigenvalue weighted by atomic mass is 16.5. The van der Waals surface area contributed by atoms with Gasteiger partial charge in [0.05, 0.1) is 6.51 Å². The van der Waals surface area contributed by atoms with Crippen molar-refractivity contribution in [2.75, 3.05) is 6.51 Å². The summed E-state index contributed by atoms with van der Waals surface area (Å²) in [6.45, 7) is 0.776. The van der Waals surface area contributed by atoms with Crippen LogP contribution in [-0.2, 0) is 11.8 Å². The Morgan fingerprint density at radius 3 is 2.95 bits per heavy atom. The SMILES string of the molecule is BCOc1ccc2c(c1)[C@]13CCCCC1[C@@H](CCC3)C2. The van der Waals surface area contributed by atoms with Gasteiger partial charge in [0.2, 0.25) is 0 Å². The van der Waals surface area contributed by atoms with E-state index in [0.29, 0.717) is 5.41 Å². The topological polar surface area (TPSA) is 9.23 Å². The normalized spacial score (nSPS) is 35.0. The van der Waals surface area contributed by atoms with Crippen molar-refractivity contribution in [3.05, 3.63) is 29.3 Å². The van der Waals surface area contributed by atoms with Gasteiger partial charge in [-0.15, -0.1) is 0 Å². The van der Waals surface area contributed by atoms with E-state index in [1.54, 1.807) is 11.1 Å². The van der Waals surface area contributed by atoms with E-state index < -0.39 is 0 Å². The molecule has 1 unspecified atom stereocenters. The van der Waals surface area contributed by atoms with E-state index in [-0.39, 0.29) is 0 Å². The molecule has 2 saturated carbocycles. The molecule has 20 heavy (non-hydrogen) atoms. The number of fused-ring (bicyclic) bond motifs is 1. The van der Waals surface area contributed by atoms with Gasteiger partial charge < -0.3 is 4.74 Å². The zero-order chi connectivity index (χ0) is 13.6. The van der Waals surface area contributed by atoms with Crippen LogP contribution in [0.2, 0.25) is 0 Å². The minimum absolute atomic E-state index is 0.516. The quantitative estimate of drug-likeness (QED) is 0.746. The molecule has 4 rings (SSSR count). The van der Waals surface area contributed by atoms with Gasteiger partial charge >= 0.3 is 0 Å². The fraction of sp³-hybridized carbons (Fsp3) is 0.667. The summed E-state index contributed by atoms with van der Waals surface area (Å²) >= 11 is 0. The second-order valence-electron chi connectivity index (χ2n) is 7.12. The molecule has 2 heteroatoms. The molecule has 0 amide bonds. The molecule has 0 radical (unpaired) electrons. The molecule has 0 heterocycles. The number of benzene rings is 1. The molecule has 1 aromatic rings. The minimum atomic E-state index is 0.516. The summed E-state index contributed by atoms with van der Waals surface area (Å²) in [5, 5.41) is 0. The summed E-state index contributed by atoms with van der Waals surface area (Å²) < 4.78 is 5.79. The average molecular weight is 268 g/mol. The number of rotatable bonds is 2. The molecule has 0 saturated heterocycles. The van der Waals surface area contributed by atoms with Crippen LogP contribution in [0.5, 0.6) is 5.75 Å². The molecule has 0 N–H and O–H groups in total. The van der Waals surface area contributed by atoms with Gasteiger partial charge in [0, 0.05) is 0 Å². The molecular formula is C18H25BO. The van der Waals surface area contributed by atoms with E-state index >= 15 is 0 Å². The van der Waals surface area contributed by atoms with E-state index in [2.05, 4.69) is 26.0 Å². The largest absolute Gasteiger partial charge is 0.503 e. The van der Waals surface area contributed by atoms with Gasteiger partial charge in [-0.2, -0.15) is 0 Å². The summed E-state index contributed by atoms with van der Waals surface area (Å²) in [4.78, 5) is 0. The highest BCUT2D eigenvalue weighted by molar-refractivity contribution is 6.08. The van der Waals surface area contributed by atoms with E-state index in [4.69, 9.17) is 4.74 Å². The lowest BCUT2D eigenvalue weighted by Crippen LogP contribution is -2.49. The molecule has 3 atom stereocenters. The van der Waals surface area contributed by atoms with Gasteiger partial charge in [-0.25, -0.2) is 0 Å². The molecule has 2 fully saturated rings. The molecule has 3 aliphatic rings. The van der Waals surface area contributed by atoms with Crippen molar-refractivity contribution in [3.63, 3.8) is 0 Å². The van der Waals surface area contributed by atoms with E-state index in [0.717, 1.165) is 24.1 Å². The monoisotopic (exact) mass is 268 g/mol. The summed E-state index contributed by atoms with van der Waals surface area (Å²) in [5.74, 6) is 3.03. The van der Waals surface area contributed by atoms with Crippen LogP contribution in [-0.4, -0.2) is 14.4 Å². The second-order valence-corrected chi connectivity index (χ2v) is 7.12. The third-order valence-electron chi connectivity index (χ3n) is 6.28. The van der Waals surface area contributed by atoms with E-state index in [1.165, 1.54) is 51.4 Å². The number of hydrogen-bond acceptors (Lipinski definition) is 1.